The smallest absolute Gasteiger partial charge is 0.325 e. The summed E-state index contributed by atoms with van der Waals surface area (Å²) in [6.07, 6.45) is 6.40. The number of fused-ring (bicyclic) bond motifs is 1. The molecule has 4 rings (SSSR count). The van der Waals surface area contributed by atoms with E-state index in [1.807, 2.05) is 6.07 Å². The van der Waals surface area contributed by atoms with Crippen LogP contribution in [0.2, 0.25) is 0 Å². The Hall–Kier alpha value is -3.46. The average molecular weight is 482 g/mol. The summed E-state index contributed by atoms with van der Waals surface area (Å²) in [7, 11) is 3.15. The fourth-order valence-electron chi connectivity index (χ4n) is 3.84. The van der Waals surface area contributed by atoms with Crippen LogP contribution in [0.15, 0.2) is 48.7 Å². The molecule has 0 spiro atoms. The third kappa shape index (κ3) is 5.91. The van der Waals surface area contributed by atoms with Crippen molar-refractivity contribution in [1.82, 2.24) is 10.3 Å². The average Bonchev–Trinajstić information content (AvgIpc) is 3.37. The molecule has 0 bridgehead atoms. The molecule has 1 aliphatic rings. The number of nitrogens with one attached hydrogen (secondary N) is 2. The molecule has 1 aromatic heterocycles. The third-order valence-electron chi connectivity index (χ3n) is 5.55. The normalized spacial score (nSPS) is 13.5. The number of carbonyl (C=O) groups is 2. The lowest BCUT2D eigenvalue weighted by Gasteiger charge is -2.13. The number of anilines is 1. The molecule has 2 N–H and O–H groups in total. The fourth-order valence-corrected chi connectivity index (χ4v) is 4.97. The molecule has 3 aromatic rings. The van der Waals surface area contributed by atoms with Crippen LogP contribution >= 0.6 is 11.8 Å². The van der Waals surface area contributed by atoms with Crippen LogP contribution in [0.1, 0.15) is 25.7 Å². The summed E-state index contributed by atoms with van der Waals surface area (Å²) < 4.78 is 16.8. The standard InChI is InChI=1S/C25H27N3O5S/c1-31-22-13-19-20(14-23(22)32-2)26-12-11-21(19)33-17-9-7-16(8-10-17)27-25(30)28-24(29)15-34-18-5-3-4-6-18/h7-14,18H,3-6,15H2,1-2H3,(H2,27,28,29,30). The van der Waals surface area contributed by atoms with Gasteiger partial charge in [-0.15, -0.1) is 11.8 Å². The Bertz CT molecular complexity index is 1160. The van der Waals surface area contributed by atoms with E-state index >= 15 is 0 Å². The maximum atomic E-state index is 12.1. The largest absolute Gasteiger partial charge is 0.493 e. The highest BCUT2D eigenvalue weighted by Crippen LogP contribution is 2.37. The van der Waals surface area contributed by atoms with Gasteiger partial charge >= 0.3 is 6.03 Å². The van der Waals surface area contributed by atoms with E-state index in [4.69, 9.17) is 14.2 Å². The van der Waals surface area contributed by atoms with Gasteiger partial charge in [-0.1, -0.05) is 12.8 Å². The maximum Gasteiger partial charge on any atom is 0.325 e. The lowest BCUT2D eigenvalue weighted by molar-refractivity contribution is -0.117. The molecular formula is C25H27N3O5S. The quantitative estimate of drug-likeness (QED) is 0.446. The summed E-state index contributed by atoms with van der Waals surface area (Å²) in [4.78, 5) is 28.5. The minimum Gasteiger partial charge on any atom is -0.493 e. The van der Waals surface area contributed by atoms with Gasteiger partial charge in [0.2, 0.25) is 5.91 Å². The number of methoxy groups -OCH3 is 2. The van der Waals surface area contributed by atoms with E-state index in [2.05, 4.69) is 15.6 Å². The second-order valence-electron chi connectivity index (χ2n) is 7.88. The number of imide groups is 1. The highest BCUT2D eigenvalue weighted by molar-refractivity contribution is 8.00. The Balaban J connectivity index is 1.36. The molecule has 2 aromatic carbocycles. The van der Waals surface area contributed by atoms with Crippen molar-refractivity contribution in [1.29, 1.82) is 0 Å². The predicted octanol–water partition coefficient (Wildman–Crippen LogP) is 5.37. The zero-order valence-corrected chi connectivity index (χ0v) is 19.9. The van der Waals surface area contributed by atoms with Crippen LogP contribution in [-0.2, 0) is 4.79 Å². The number of benzene rings is 2. The molecule has 1 aliphatic carbocycles. The SMILES string of the molecule is COc1cc2nccc(Oc3ccc(NC(=O)NC(=O)CSC4CCCC4)cc3)c2cc1OC. The molecule has 34 heavy (non-hydrogen) atoms. The molecule has 0 radical (unpaired) electrons. The van der Waals surface area contributed by atoms with Gasteiger partial charge in [0, 0.05) is 28.6 Å². The molecule has 3 amide bonds. The monoisotopic (exact) mass is 481 g/mol. The number of nitrogens with zero attached hydrogens (tertiary/aromatic N) is 1. The van der Waals surface area contributed by atoms with Crippen LogP contribution in [0.25, 0.3) is 10.9 Å². The first kappa shape index (κ1) is 23.7. The van der Waals surface area contributed by atoms with Gasteiger partial charge in [0.15, 0.2) is 11.5 Å². The highest BCUT2D eigenvalue weighted by atomic mass is 32.2. The van der Waals surface area contributed by atoms with E-state index < -0.39 is 6.03 Å². The van der Waals surface area contributed by atoms with Crippen LogP contribution in [0.4, 0.5) is 10.5 Å². The first-order valence-corrected chi connectivity index (χ1v) is 12.1. The molecule has 9 heteroatoms. The molecule has 0 aliphatic heterocycles. The molecule has 8 nitrogen and oxygen atoms in total. The summed E-state index contributed by atoms with van der Waals surface area (Å²) in [6, 6.07) is 11.7. The van der Waals surface area contributed by atoms with Gasteiger partial charge in [0.05, 0.1) is 25.5 Å². The number of hydrogen-bond acceptors (Lipinski definition) is 7. The number of ether oxygens (including phenoxy) is 3. The van der Waals surface area contributed by atoms with E-state index in [1.165, 1.54) is 12.8 Å². The van der Waals surface area contributed by atoms with Crippen molar-refractivity contribution in [2.75, 3.05) is 25.3 Å². The van der Waals surface area contributed by atoms with Gasteiger partial charge in [-0.25, -0.2) is 4.79 Å². The van der Waals surface area contributed by atoms with E-state index in [0.717, 1.165) is 18.2 Å². The number of thioether (sulfide) groups is 1. The molecule has 178 valence electrons. The molecule has 1 fully saturated rings. The third-order valence-corrected chi connectivity index (χ3v) is 6.92. The molecular weight excluding hydrogens is 454 g/mol. The zero-order chi connectivity index (χ0) is 23.9. The van der Waals surface area contributed by atoms with Crippen LogP contribution in [0.3, 0.4) is 0 Å². The van der Waals surface area contributed by atoms with Crippen LogP contribution < -0.4 is 24.8 Å². The molecule has 0 atom stereocenters. The molecule has 1 saturated carbocycles. The highest BCUT2D eigenvalue weighted by Gasteiger charge is 2.17. The lowest BCUT2D eigenvalue weighted by atomic mass is 10.2. The predicted molar refractivity (Wildman–Crippen MR) is 133 cm³/mol. The molecule has 1 heterocycles. The Morgan fingerprint density at radius 1 is 1.00 bits per heavy atom. The van der Waals surface area contributed by atoms with Crippen LogP contribution in [0, 0.1) is 0 Å². The summed E-state index contributed by atoms with van der Waals surface area (Å²) in [5.41, 5.74) is 1.26. The van der Waals surface area contributed by atoms with Gasteiger partial charge < -0.3 is 19.5 Å². The van der Waals surface area contributed by atoms with Crippen molar-refractivity contribution < 1.29 is 23.8 Å². The zero-order valence-electron chi connectivity index (χ0n) is 19.1. The minimum atomic E-state index is -0.549. The number of pyridine rings is 1. The number of rotatable bonds is 8. The van der Waals surface area contributed by atoms with E-state index in [0.29, 0.717) is 45.2 Å². The first-order chi connectivity index (χ1) is 16.6. The summed E-state index contributed by atoms with van der Waals surface area (Å²) >= 11 is 1.62. The van der Waals surface area contributed by atoms with Crippen molar-refractivity contribution in [3.8, 4) is 23.0 Å². The van der Waals surface area contributed by atoms with Crippen molar-refractivity contribution in [2.45, 2.75) is 30.9 Å². The lowest BCUT2D eigenvalue weighted by Crippen LogP contribution is -2.35. The summed E-state index contributed by atoms with van der Waals surface area (Å²) in [6.45, 7) is 0. The van der Waals surface area contributed by atoms with Crippen LogP contribution in [0.5, 0.6) is 23.0 Å². The first-order valence-electron chi connectivity index (χ1n) is 11.1. The second kappa shape index (κ2) is 11.1. The van der Waals surface area contributed by atoms with Crippen LogP contribution in [-0.4, -0.2) is 42.1 Å². The topological polar surface area (TPSA) is 98.8 Å². The van der Waals surface area contributed by atoms with Gasteiger partial charge in [-0.2, -0.15) is 0 Å². The summed E-state index contributed by atoms with van der Waals surface area (Å²) in [5.74, 6) is 2.36. The van der Waals surface area contributed by atoms with E-state index in [-0.39, 0.29) is 5.91 Å². The number of hydrogen-bond donors (Lipinski definition) is 2. The molecule has 0 unspecified atom stereocenters. The van der Waals surface area contributed by atoms with Gasteiger partial charge in [0.1, 0.15) is 11.5 Å². The number of aromatic nitrogens is 1. The van der Waals surface area contributed by atoms with Gasteiger partial charge in [-0.3, -0.25) is 15.1 Å². The Labute approximate surface area is 202 Å². The van der Waals surface area contributed by atoms with Crippen molar-refractivity contribution in [3.05, 3.63) is 48.7 Å². The molecule has 0 saturated heterocycles. The van der Waals surface area contributed by atoms with Gasteiger partial charge in [-0.05, 0) is 49.2 Å². The Morgan fingerprint density at radius 3 is 2.41 bits per heavy atom. The van der Waals surface area contributed by atoms with E-state index in [1.54, 1.807) is 68.6 Å². The van der Waals surface area contributed by atoms with Crippen molar-refractivity contribution >= 4 is 40.3 Å². The maximum absolute atomic E-state index is 12.1. The number of amides is 3. The van der Waals surface area contributed by atoms with E-state index in [9.17, 15) is 9.59 Å². The summed E-state index contributed by atoms with van der Waals surface area (Å²) in [5, 5.41) is 6.35. The second-order valence-corrected chi connectivity index (χ2v) is 9.17. The van der Waals surface area contributed by atoms with Gasteiger partial charge in [0.25, 0.3) is 0 Å². The Morgan fingerprint density at radius 2 is 1.71 bits per heavy atom. The minimum absolute atomic E-state index is 0.286. The Kier molecular flexibility index (Phi) is 7.74. The number of carbonyl (C=O) groups excluding carboxylic acids is 2. The fraction of sp³-hybridized carbons (Fsp3) is 0.320. The number of urea groups is 1. The van der Waals surface area contributed by atoms with Crippen molar-refractivity contribution in [2.24, 2.45) is 0 Å². The van der Waals surface area contributed by atoms with Crippen molar-refractivity contribution in [3.63, 3.8) is 0 Å².